The highest BCUT2D eigenvalue weighted by molar-refractivity contribution is 9.10. The number of sulfonamides is 1. The smallest absolute Gasteiger partial charge is 0.211 e. The minimum absolute atomic E-state index is 0.348. The molecule has 0 saturated carbocycles. The Labute approximate surface area is 184 Å². The molecule has 0 spiro atoms. The fraction of sp³-hybridized carbons (Fsp3) is 0.500. The summed E-state index contributed by atoms with van der Waals surface area (Å²) in [6.07, 6.45) is 2.90. The van der Waals surface area contributed by atoms with E-state index in [0.29, 0.717) is 43.6 Å². The van der Waals surface area contributed by atoms with E-state index in [1.165, 1.54) is 6.26 Å². The van der Waals surface area contributed by atoms with Crippen LogP contribution in [-0.4, -0.2) is 53.2 Å². The second-order valence-electron chi connectivity index (χ2n) is 7.74. The standard InChI is InChI=1S/C20H26BrN5O3S/c1-3-29-12-17-24-18-19(15-5-4-14(21)10-16(15)23-20(18)22)26(17)11-13-6-8-25(9-7-13)30(2,27)28/h4-5,10,13H,3,6-9,11-12H2,1-2H3,(H2,22,23). The van der Waals surface area contributed by atoms with Crippen LogP contribution in [0.25, 0.3) is 21.9 Å². The minimum Gasteiger partial charge on any atom is -0.382 e. The quantitative estimate of drug-likeness (QED) is 0.563. The summed E-state index contributed by atoms with van der Waals surface area (Å²) in [5.74, 6) is 1.57. The van der Waals surface area contributed by atoms with E-state index in [2.05, 4.69) is 25.5 Å². The van der Waals surface area contributed by atoms with Crippen molar-refractivity contribution in [2.75, 3.05) is 31.7 Å². The maximum atomic E-state index is 11.8. The van der Waals surface area contributed by atoms with Gasteiger partial charge in [-0.3, -0.25) is 0 Å². The van der Waals surface area contributed by atoms with Gasteiger partial charge in [0.15, 0.2) is 5.82 Å². The van der Waals surface area contributed by atoms with Crippen molar-refractivity contribution in [2.24, 2.45) is 5.92 Å². The predicted octanol–water partition coefficient (Wildman–Crippen LogP) is 3.14. The van der Waals surface area contributed by atoms with E-state index in [0.717, 1.165) is 46.1 Å². The number of nitrogens with zero attached hydrogens (tertiary/aromatic N) is 4. The lowest BCUT2D eigenvalue weighted by atomic mass is 9.98. The zero-order chi connectivity index (χ0) is 21.5. The van der Waals surface area contributed by atoms with Gasteiger partial charge in [-0.2, -0.15) is 0 Å². The molecule has 0 bridgehead atoms. The molecular weight excluding hydrogens is 470 g/mol. The largest absolute Gasteiger partial charge is 0.382 e. The van der Waals surface area contributed by atoms with Gasteiger partial charge < -0.3 is 15.0 Å². The molecule has 1 aliphatic heterocycles. The molecule has 1 aromatic carbocycles. The molecule has 2 N–H and O–H groups in total. The van der Waals surface area contributed by atoms with E-state index in [-0.39, 0.29) is 0 Å². The van der Waals surface area contributed by atoms with Gasteiger partial charge >= 0.3 is 0 Å². The monoisotopic (exact) mass is 495 g/mol. The summed E-state index contributed by atoms with van der Waals surface area (Å²) in [7, 11) is -3.14. The average molecular weight is 496 g/mol. The highest BCUT2D eigenvalue weighted by atomic mass is 79.9. The molecule has 0 amide bonds. The first-order valence-electron chi connectivity index (χ1n) is 10.0. The Balaban J connectivity index is 1.76. The molecule has 8 nitrogen and oxygen atoms in total. The lowest BCUT2D eigenvalue weighted by Gasteiger charge is -2.30. The summed E-state index contributed by atoms with van der Waals surface area (Å²) in [4.78, 5) is 9.32. The number of halogens is 1. The van der Waals surface area contributed by atoms with Crippen molar-refractivity contribution in [3.63, 3.8) is 0 Å². The topological polar surface area (TPSA) is 103 Å². The van der Waals surface area contributed by atoms with Gasteiger partial charge in [0.05, 0.1) is 17.3 Å². The van der Waals surface area contributed by atoms with E-state index in [9.17, 15) is 8.42 Å². The highest BCUT2D eigenvalue weighted by Crippen LogP contribution is 2.32. The number of piperidine rings is 1. The number of imidazole rings is 1. The second kappa shape index (κ2) is 8.41. The van der Waals surface area contributed by atoms with E-state index < -0.39 is 10.0 Å². The molecule has 1 saturated heterocycles. The summed E-state index contributed by atoms with van der Waals surface area (Å²) in [6.45, 7) is 4.78. The maximum absolute atomic E-state index is 11.8. The van der Waals surface area contributed by atoms with Crippen molar-refractivity contribution in [1.29, 1.82) is 0 Å². The highest BCUT2D eigenvalue weighted by Gasteiger charge is 2.27. The van der Waals surface area contributed by atoms with E-state index in [1.807, 2.05) is 25.1 Å². The Kier molecular flexibility index (Phi) is 6.02. The van der Waals surface area contributed by atoms with Crippen LogP contribution in [0.5, 0.6) is 0 Å². The number of nitrogens with two attached hydrogens (primary N) is 1. The van der Waals surface area contributed by atoms with Gasteiger partial charge in [-0.15, -0.1) is 0 Å². The maximum Gasteiger partial charge on any atom is 0.211 e. The van der Waals surface area contributed by atoms with Gasteiger partial charge in [-0.05, 0) is 43.9 Å². The number of aromatic nitrogens is 3. The number of hydrogen-bond donors (Lipinski definition) is 1. The minimum atomic E-state index is -3.14. The predicted molar refractivity (Wildman–Crippen MR) is 122 cm³/mol. The third-order valence-electron chi connectivity index (χ3n) is 5.66. The molecule has 3 heterocycles. The van der Waals surface area contributed by atoms with Crippen LogP contribution in [0.4, 0.5) is 5.82 Å². The van der Waals surface area contributed by atoms with Crippen molar-refractivity contribution < 1.29 is 13.2 Å². The molecule has 10 heteroatoms. The number of ether oxygens (including phenoxy) is 1. The molecular formula is C20H26BrN5O3S. The Bertz CT molecular complexity index is 1190. The lowest BCUT2D eigenvalue weighted by Crippen LogP contribution is -2.38. The number of benzene rings is 1. The van der Waals surface area contributed by atoms with Crippen LogP contribution in [0, 0.1) is 5.92 Å². The van der Waals surface area contributed by atoms with Crippen LogP contribution in [0.15, 0.2) is 22.7 Å². The third-order valence-corrected chi connectivity index (χ3v) is 7.46. The molecule has 30 heavy (non-hydrogen) atoms. The number of anilines is 1. The molecule has 3 aromatic rings. The molecule has 1 aliphatic rings. The van der Waals surface area contributed by atoms with E-state index in [4.69, 9.17) is 15.5 Å². The van der Waals surface area contributed by atoms with Crippen molar-refractivity contribution >= 4 is 53.7 Å². The van der Waals surface area contributed by atoms with Crippen LogP contribution in [-0.2, 0) is 27.9 Å². The van der Waals surface area contributed by atoms with Crippen LogP contribution in [0.1, 0.15) is 25.6 Å². The zero-order valence-electron chi connectivity index (χ0n) is 17.1. The van der Waals surface area contributed by atoms with Crippen LogP contribution in [0.2, 0.25) is 0 Å². The van der Waals surface area contributed by atoms with Gasteiger partial charge in [-0.25, -0.2) is 22.7 Å². The summed E-state index contributed by atoms with van der Waals surface area (Å²) in [5, 5.41) is 0.992. The SMILES string of the molecule is CCOCc1nc2c(N)nc3cc(Br)ccc3c2n1CC1CCN(S(C)(=O)=O)CC1. The molecule has 4 rings (SSSR count). The molecule has 162 valence electrons. The van der Waals surface area contributed by atoms with Gasteiger partial charge in [0.25, 0.3) is 0 Å². The summed E-state index contributed by atoms with van der Waals surface area (Å²) in [6, 6.07) is 5.97. The van der Waals surface area contributed by atoms with Gasteiger partial charge in [0, 0.05) is 36.1 Å². The molecule has 0 radical (unpaired) electrons. The molecule has 0 aliphatic carbocycles. The first-order valence-corrected chi connectivity index (χ1v) is 12.7. The summed E-state index contributed by atoms with van der Waals surface area (Å²) in [5.41, 5.74) is 8.73. The molecule has 0 unspecified atom stereocenters. The van der Waals surface area contributed by atoms with E-state index in [1.54, 1.807) is 4.31 Å². The number of hydrogen-bond acceptors (Lipinski definition) is 6. The zero-order valence-corrected chi connectivity index (χ0v) is 19.5. The Hall–Kier alpha value is -1.75. The van der Waals surface area contributed by atoms with Crippen LogP contribution in [0.3, 0.4) is 0 Å². The first-order chi connectivity index (χ1) is 14.3. The Morgan fingerprint density at radius 1 is 1.27 bits per heavy atom. The molecule has 2 aromatic heterocycles. The summed E-state index contributed by atoms with van der Waals surface area (Å²) < 4.78 is 34.0. The number of pyridine rings is 1. The molecule has 1 fully saturated rings. The number of fused-ring (bicyclic) bond motifs is 3. The van der Waals surface area contributed by atoms with E-state index >= 15 is 0 Å². The lowest BCUT2D eigenvalue weighted by molar-refractivity contribution is 0.124. The van der Waals surface area contributed by atoms with Crippen molar-refractivity contribution in [2.45, 2.75) is 32.9 Å². The van der Waals surface area contributed by atoms with Gasteiger partial charge in [-0.1, -0.05) is 15.9 Å². The van der Waals surface area contributed by atoms with Gasteiger partial charge in [0.1, 0.15) is 17.9 Å². The van der Waals surface area contributed by atoms with Crippen molar-refractivity contribution in [3.05, 3.63) is 28.5 Å². The normalized spacial score (nSPS) is 16.6. The Morgan fingerprint density at radius 3 is 2.67 bits per heavy atom. The number of nitrogen functional groups attached to an aromatic ring is 1. The fourth-order valence-corrected chi connectivity index (χ4v) is 5.34. The Morgan fingerprint density at radius 2 is 2.00 bits per heavy atom. The summed E-state index contributed by atoms with van der Waals surface area (Å²) >= 11 is 3.50. The number of rotatable bonds is 6. The fourth-order valence-electron chi connectivity index (χ4n) is 4.11. The van der Waals surface area contributed by atoms with Crippen molar-refractivity contribution in [3.8, 4) is 0 Å². The molecule has 0 atom stereocenters. The van der Waals surface area contributed by atoms with Crippen molar-refractivity contribution in [1.82, 2.24) is 18.8 Å². The average Bonchev–Trinajstić information content (AvgIpc) is 3.05. The third kappa shape index (κ3) is 4.18. The first kappa shape index (κ1) is 21.5. The van der Waals surface area contributed by atoms with Crippen LogP contribution >= 0.6 is 15.9 Å². The van der Waals surface area contributed by atoms with Gasteiger partial charge in [0.2, 0.25) is 10.0 Å². The second-order valence-corrected chi connectivity index (χ2v) is 10.6. The van der Waals surface area contributed by atoms with Crippen LogP contribution < -0.4 is 5.73 Å².